The fraction of sp³-hybridized carbons (Fsp3) is 0.385. The highest BCUT2D eigenvalue weighted by atomic mass is 32.2. The van der Waals surface area contributed by atoms with Crippen molar-refractivity contribution in [2.45, 2.75) is 19.0 Å². The summed E-state index contributed by atoms with van der Waals surface area (Å²) in [7, 11) is 0. The lowest BCUT2D eigenvalue weighted by molar-refractivity contribution is -0.127. The molecule has 2 aromatic rings. The van der Waals surface area contributed by atoms with Crippen LogP contribution in [-0.4, -0.2) is 39.0 Å². The molecule has 18 heavy (non-hydrogen) atoms. The van der Waals surface area contributed by atoms with Crippen LogP contribution in [0.4, 0.5) is 0 Å². The highest BCUT2D eigenvalue weighted by molar-refractivity contribution is 7.99. The van der Waals surface area contributed by atoms with Crippen LogP contribution in [0.25, 0.3) is 5.52 Å². The number of imidazole rings is 1. The van der Waals surface area contributed by atoms with Gasteiger partial charge in [-0.05, 0) is 26.0 Å². The molecular formula is C13H17N3OS. The van der Waals surface area contributed by atoms with E-state index in [1.807, 2.05) is 53.7 Å². The molecule has 0 aliphatic rings. The first kappa shape index (κ1) is 13.0. The molecule has 0 aromatic carbocycles. The van der Waals surface area contributed by atoms with Crippen molar-refractivity contribution in [1.82, 2.24) is 14.3 Å². The molecule has 0 spiro atoms. The summed E-state index contributed by atoms with van der Waals surface area (Å²) in [5.74, 6) is 0.605. The number of nitrogens with zero attached hydrogens (tertiary/aromatic N) is 3. The van der Waals surface area contributed by atoms with E-state index in [1.165, 1.54) is 11.8 Å². The fourth-order valence-electron chi connectivity index (χ4n) is 1.82. The highest BCUT2D eigenvalue weighted by Crippen LogP contribution is 2.18. The predicted octanol–water partition coefficient (Wildman–Crippen LogP) is 2.29. The molecule has 0 radical (unpaired) electrons. The second-order valence-corrected chi connectivity index (χ2v) is 4.83. The van der Waals surface area contributed by atoms with Crippen LogP contribution in [0.15, 0.2) is 35.7 Å². The van der Waals surface area contributed by atoms with Crippen LogP contribution < -0.4 is 0 Å². The Kier molecular flexibility index (Phi) is 4.25. The van der Waals surface area contributed by atoms with Crippen molar-refractivity contribution in [3.63, 3.8) is 0 Å². The molecule has 0 atom stereocenters. The first-order valence-corrected chi connectivity index (χ1v) is 7.07. The van der Waals surface area contributed by atoms with E-state index in [4.69, 9.17) is 0 Å². The van der Waals surface area contributed by atoms with Crippen LogP contribution in [-0.2, 0) is 4.79 Å². The lowest BCUT2D eigenvalue weighted by atomic mass is 10.4. The fourth-order valence-corrected chi connectivity index (χ4v) is 2.69. The summed E-state index contributed by atoms with van der Waals surface area (Å²) in [6.07, 6.45) is 3.79. The van der Waals surface area contributed by atoms with Crippen molar-refractivity contribution in [2.24, 2.45) is 0 Å². The van der Waals surface area contributed by atoms with Crippen molar-refractivity contribution in [2.75, 3.05) is 18.8 Å². The lowest BCUT2D eigenvalue weighted by Crippen LogP contribution is -2.31. The minimum absolute atomic E-state index is 0.165. The number of hydrogen-bond acceptors (Lipinski definition) is 3. The molecule has 0 bridgehead atoms. The van der Waals surface area contributed by atoms with Gasteiger partial charge in [0, 0.05) is 19.3 Å². The third kappa shape index (κ3) is 2.67. The van der Waals surface area contributed by atoms with Crippen LogP contribution in [0.5, 0.6) is 0 Å². The van der Waals surface area contributed by atoms with Crippen LogP contribution >= 0.6 is 11.8 Å². The first-order chi connectivity index (χ1) is 8.76. The summed E-state index contributed by atoms with van der Waals surface area (Å²) in [4.78, 5) is 18.1. The minimum atomic E-state index is 0.165. The monoisotopic (exact) mass is 263 g/mol. The van der Waals surface area contributed by atoms with Crippen molar-refractivity contribution in [3.8, 4) is 0 Å². The van der Waals surface area contributed by atoms with Gasteiger partial charge in [0.15, 0.2) is 5.16 Å². The van der Waals surface area contributed by atoms with Crippen molar-refractivity contribution >= 4 is 23.2 Å². The van der Waals surface area contributed by atoms with Crippen molar-refractivity contribution in [1.29, 1.82) is 0 Å². The third-order valence-corrected chi connectivity index (χ3v) is 3.80. The molecule has 1 amide bonds. The number of pyridine rings is 1. The second-order valence-electron chi connectivity index (χ2n) is 3.89. The van der Waals surface area contributed by atoms with Crippen LogP contribution in [0.2, 0.25) is 0 Å². The number of rotatable bonds is 5. The van der Waals surface area contributed by atoms with Gasteiger partial charge in [-0.3, -0.25) is 9.20 Å². The molecule has 0 aliphatic heterocycles. The van der Waals surface area contributed by atoms with Crippen LogP contribution in [0, 0.1) is 0 Å². The van der Waals surface area contributed by atoms with E-state index in [2.05, 4.69) is 4.98 Å². The zero-order valence-electron chi connectivity index (χ0n) is 10.7. The van der Waals surface area contributed by atoms with Gasteiger partial charge < -0.3 is 4.90 Å². The quantitative estimate of drug-likeness (QED) is 0.777. The summed E-state index contributed by atoms with van der Waals surface area (Å²) < 4.78 is 2.00. The standard InChI is InChI=1S/C13H17N3OS/c1-3-15(4-2)12(17)10-18-13-14-9-11-7-5-6-8-16(11)13/h5-9H,3-4,10H2,1-2H3. The summed E-state index contributed by atoms with van der Waals surface area (Å²) in [5, 5.41) is 0.867. The summed E-state index contributed by atoms with van der Waals surface area (Å²) in [6, 6.07) is 5.95. The first-order valence-electron chi connectivity index (χ1n) is 6.09. The van der Waals surface area contributed by atoms with Crippen molar-refractivity contribution < 1.29 is 4.79 Å². The Bertz CT molecular complexity index is 534. The lowest BCUT2D eigenvalue weighted by Gasteiger charge is -2.17. The third-order valence-electron chi connectivity index (χ3n) is 2.85. The molecule has 2 heterocycles. The average molecular weight is 263 g/mol. The molecule has 0 N–H and O–H groups in total. The Balaban J connectivity index is 2.04. The van der Waals surface area contributed by atoms with Gasteiger partial charge in [-0.1, -0.05) is 17.8 Å². The maximum absolute atomic E-state index is 11.9. The Morgan fingerprint density at radius 2 is 2.17 bits per heavy atom. The normalized spacial score (nSPS) is 10.8. The van der Waals surface area contributed by atoms with E-state index in [-0.39, 0.29) is 5.91 Å². The van der Waals surface area contributed by atoms with E-state index in [0.29, 0.717) is 5.75 Å². The molecule has 0 aliphatic carbocycles. The molecule has 96 valence electrons. The Labute approximate surface area is 111 Å². The van der Waals surface area contributed by atoms with E-state index < -0.39 is 0 Å². The van der Waals surface area contributed by atoms with E-state index in [1.54, 1.807) is 0 Å². The minimum Gasteiger partial charge on any atom is -0.343 e. The molecule has 4 nitrogen and oxygen atoms in total. The summed E-state index contributed by atoms with van der Waals surface area (Å²) in [5.41, 5.74) is 1.05. The Morgan fingerprint density at radius 1 is 1.39 bits per heavy atom. The average Bonchev–Trinajstić information content (AvgIpc) is 2.81. The Hall–Kier alpha value is -1.49. The zero-order chi connectivity index (χ0) is 13.0. The molecule has 0 saturated carbocycles. The van der Waals surface area contributed by atoms with E-state index >= 15 is 0 Å². The number of carbonyl (C=O) groups is 1. The molecule has 2 aromatic heterocycles. The molecule has 2 rings (SSSR count). The molecular weight excluding hydrogens is 246 g/mol. The number of carbonyl (C=O) groups excluding carboxylic acids is 1. The second kappa shape index (κ2) is 5.91. The van der Waals surface area contributed by atoms with E-state index in [0.717, 1.165) is 23.8 Å². The smallest absolute Gasteiger partial charge is 0.233 e. The van der Waals surface area contributed by atoms with Gasteiger partial charge >= 0.3 is 0 Å². The number of hydrogen-bond donors (Lipinski definition) is 0. The molecule has 5 heteroatoms. The maximum Gasteiger partial charge on any atom is 0.233 e. The SMILES string of the molecule is CCN(CC)C(=O)CSc1ncc2ccccn12. The molecule has 0 unspecified atom stereocenters. The van der Waals surface area contributed by atoms with Crippen LogP contribution in [0.3, 0.4) is 0 Å². The highest BCUT2D eigenvalue weighted by Gasteiger charge is 2.11. The van der Waals surface area contributed by atoms with E-state index in [9.17, 15) is 4.79 Å². The summed E-state index contributed by atoms with van der Waals surface area (Å²) in [6.45, 7) is 5.52. The predicted molar refractivity (Wildman–Crippen MR) is 73.8 cm³/mol. The number of aromatic nitrogens is 2. The van der Waals surface area contributed by atoms with Crippen LogP contribution in [0.1, 0.15) is 13.8 Å². The van der Waals surface area contributed by atoms with Gasteiger partial charge in [0.25, 0.3) is 0 Å². The Morgan fingerprint density at radius 3 is 2.89 bits per heavy atom. The summed E-state index contributed by atoms with van der Waals surface area (Å²) >= 11 is 1.48. The van der Waals surface area contributed by atoms with Gasteiger partial charge in [0.2, 0.25) is 5.91 Å². The maximum atomic E-state index is 11.9. The zero-order valence-corrected chi connectivity index (χ0v) is 11.5. The number of thioether (sulfide) groups is 1. The van der Waals surface area contributed by atoms with Crippen molar-refractivity contribution in [3.05, 3.63) is 30.6 Å². The van der Waals surface area contributed by atoms with Gasteiger partial charge in [-0.15, -0.1) is 0 Å². The van der Waals surface area contributed by atoms with Gasteiger partial charge in [-0.2, -0.15) is 0 Å². The van der Waals surface area contributed by atoms with Gasteiger partial charge in [0.05, 0.1) is 17.5 Å². The van der Waals surface area contributed by atoms with Gasteiger partial charge in [-0.25, -0.2) is 4.98 Å². The molecule has 0 saturated heterocycles. The number of amides is 1. The largest absolute Gasteiger partial charge is 0.343 e. The number of fused-ring (bicyclic) bond motifs is 1. The topological polar surface area (TPSA) is 37.6 Å². The molecule has 0 fully saturated rings. The van der Waals surface area contributed by atoms with Gasteiger partial charge in [0.1, 0.15) is 0 Å².